The molecule has 0 bridgehead atoms. The van der Waals surface area contributed by atoms with E-state index in [0.29, 0.717) is 11.6 Å². The number of nitrogen functional groups attached to an aromatic ring is 1. The highest BCUT2D eigenvalue weighted by molar-refractivity contribution is 7.89. The monoisotopic (exact) mass is 271 g/mol. The van der Waals surface area contributed by atoms with Crippen molar-refractivity contribution in [1.29, 1.82) is 0 Å². The Morgan fingerprint density at radius 3 is 2.39 bits per heavy atom. The second-order valence-corrected chi connectivity index (χ2v) is 6.17. The van der Waals surface area contributed by atoms with Crippen LogP contribution in [0.25, 0.3) is 0 Å². The highest BCUT2D eigenvalue weighted by Crippen LogP contribution is 2.24. The quantitative estimate of drug-likeness (QED) is 0.711. The van der Waals surface area contributed by atoms with Crippen LogP contribution in [-0.4, -0.2) is 14.5 Å². The molecule has 0 spiro atoms. The molecule has 5 N–H and O–H groups in total. The minimum Gasteiger partial charge on any atom is -0.397 e. The van der Waals surface area contributed by atoms with Gasteiger partial charge >= 0.3 is 0 Å². The molecule has 0 saturated carbocycles. The Kier molecular flexibility index (Phi) is 4.59. The number of nitrogens with two attached hydrogens (primary N) is 2. The van der Waals surface area contributed by atoms with Gasteiger partial charge in [0.25, 0.3) is 0 Å². The molecule has 0 heterocycles. The number of hydrogen-bond donors (Lipinski definition) is 3. The Morgan fingerprint density at radius 2 is 1.94 bits per heavy atom. The van der Waals surface area contributed by atoms with Gasteiger partial charge in [0.1, 0.15) is 0 Å². The molecule has 0 aromatic heterocycles. The Hall–Kier alpha value is -1.27. The molecule has 0 radical (unpaired) electrons. The van der Waals surface area contributed by atoms with Crippen LogP contribution >= 0.6 is 0 Å². The van der Waals surface area contributed by atoms with Crippen LogP contribution in [0, 0.1) is 5.92 Å². The van der Waals surface area contributed by atoms with Crippen LogP contribution in [-0.2, 0) is 10.0 Å². The molecule has 6 heteroatoms. The summed E-state index contributed by atoms with van der Waals surface area (Å²) in [6.07, 6.45) is 1.06. The lowest BCUT2D eigenvalue weighted by Gasteiger charge is -2.22. The zero-order valence-electron chi connectivity index (χ0n) is 11.0. The van der Waals surface area contributed by atoms with E-state index in [-0.39, 0.29) is 10.9 Å². The van der Waals surface area contributed by atoms with Crippen molar-refractivity contribution < 1.29 is 8.42 Å². The van der Waals surface area contributed by atoms with E-state index in [2.05, 4.69) is 26.1 Å². The van der Waals surface area contributed by atoms with E-state index >= 15 is 0 Å². The molecule has 0 fully saturated rings. The van der Waals surface area contributed by atoms with E-state index in [0.717, 1.165) is 12.1 Å². The van der Waals surface area contributed by atoms with Gasteiger partial charge in [-0.15, -0.1) is 0 Å². The van der Waals surface area contributed by atoms with Crippen molar-refractivity contribution in [3.8, 4) is 0 Å². The number of nitrogens with one attached hydrogen (secondary N) is 1. The number of rotatable bonds is 5. The van der Waals surface area contributed by atoms with Crippen molar-refractivity contribution in [1.82, 2.24) is 0 Å². The third-order valence-electron chi connectivity index (χ3n) is 3.23. The van der Waals surface area contributed by atoms with Gasteiger partial charge in [-0.3, -0.25) is 0 Å². The number of anilines is 2. The van der Waals surface area contributed by atoms with Gasteiger partial charge in [0.05, 0.1) is 16.3 Å². The number of primary sulfonamides is 1. The van der Waals surface area contributed by atoms with Crippen molar-refractivity contribution >= 4 is 21.4 Å². The lowest BCUT2D eigenvalue weighted by molar-refractivity contribution is 0.495. The molecule has 0 amide bonds. The van der Waals surface area contributed by atoms with Crippen LogP contribution in [0.4, 0.5) is 11.4 Å². The summed E-state index contributed by atoms with van der Waals surface area (Å²) in [6.45, 7) is 6.34. The van der Waals surface area contributed by atoms with Gasteiger partial charge in [-0.1, -0.05) is 20.3 Å². The van der Waals surface area contributed by atoms with Gasteiger partial charge in [-0.25, -0.2) is 13.6 Å². The first-order valence-corrected chi connectivity index (χ1v) is 7.49. The fourth-order valence-corrected chi connectivity index (χ4v) is 2.14. The maximum atomic E-state index is 11.2. The summed E-state index contributed by atoms with van der Waals surface area (Å²) in [4.78, 5) is 0.0294. The highest BCUT2D eigenvalue weighted by Gasteiger charge is 2.13. The van der Waals surface area contributed by atoms with E-state index in [1.807, 2.05) is 0 Å². The predicted molar refractivity (Wildman–Crippen MR) is 74.8 cm³/mol. The maximum Gasteiger partial charge on any atom is 0.238 e. The number of hydrogen-bond acceptors (Lipinski definition) is 4. The third kappa shape index (κ3) is 3.61. The Labute approximate surface area is 109 Å². The number of sulfonamides is 1. The average molecular weight is 271 g/mol. The van der Waals surface area contributed by atoms with Crippen molar-refractivity contribution in [3.05, 3.63) is 18.2 Å². The Morgan fingerprint density at radius 1 is 1.33 bits per heavy atom. The van der Waals surface area contributed by atoms with Gasteiger partial charge in [-0.2, -0.15) is 0 Å². The van der Waals surface area contributed by atoms with Gasteiger partial charge in [-0.05, 0) is 31.0 Å². The summed E-state index contributed by atoms with van der Waals surface area (Å²) in [5.41, 5.74) is 6.94. The lowest BCUT2D eigenvalue weighted by Crippen LogP contribution is -2.24. The number of benzene rings is 1. The molecule has 0 aliphatic carbocycles. The minimum absolute atomic E-state index is 0.0294. The van der Waals surface area contributed by atoms with Gasteiger partial charge < -0.3 is 11.1 Å². The molecule has 1 aromatic rings. The van der Waals surface area contributed by atoms with Crippen LogP contribution in [0.2, 0.25) is 0 Å². The van der Waals surface area contributed by atoms with Gasteiger partial charge in [0.2, 0.25) is 10.0 Å². The summed E-state index contributed by atoms with van der Waals surface area (Å²) in [5.74, 6) is 0.502. The molecular weight excluding hydrogens is 250 g/mol. The van der Waals surface area contributed by atoms with E-state index in [1.165, 1.54) is 12.1 Å². The first-order valence-electron chi connectivity index (χ1n) is 5.94. The Balaban J connectivity index is 2.94. The summed E-state index contributed by atoms with van der Waals surface area (Å²) in [5, 5.41) is 8.32. The SMILES string of the molecule is CCC(C)C(C)Nc1ccc(S(N)(=O)=O)cc1N. The van der Waals surface area contributed by atoms with Gasteiger partial charge in [0, 0.05) is 6.04 Å². The molecule has 102 valence electrons. The summed E-state index contributed by atoms with van der Waals surface area (Å²) < 4.78 is 22.3. The molecule has 2 unspecified atom stereocenters. The van der Waals surface area contributed by atoms with E-state index < -0.39 is 10.0 Å². The average Bonchev–Trinajstić information content (AvgIpc) is 2.29. The van der Waals surface area contributed by atoms with E-state index in [9.17, 15) is 8.42 Å². The normalized spacial score (nSPS) is 15.1. The summed E-state index contributed by atoms with van der Waals surface area (Å²) in [7, 11) is -3.70. The maximum absolute atomic E-state index is 11.2. The second kappa shape index (κ2) is 5.58. The highest BCUT2D eigenvalue weighted by atomic mass is 32.2. The van der Waals surface area contributed by atoms with Crippen molar-refractivity contribution in [2.75, 3.05) is 11.1 Å². The van der Waals surface area contributed by atoms with Crippen LogP contribution in [0.3, 0.4) is 0 Å². The van der Waals surface area contributed by atoms with Crippen LogP contribution in [0.1, 0.15) is 27.2 Å². The topological polar surface area (TPSA) is 98.2 Å². The van der Waals surface area contributed by atoms with Crippen molar-refractivity contribution in [2.24, 2.45) is 11.1 Å². The zero-order valence-corrected chi connectivity index (χ0v) is 11.8. The minimum atomic E-state index is -3.70. The molecular formula is C12H21N3O2S. The first-order chi connectivity index (χ1) is 8.25. The second-order valence-electron chi connectivity index (χ2n) is 4.61. The third-order valence-corrected chi connectivity index (χ3v) is 4.14. The first kappa shape index (κ1) is 14.8. The van der Waals surface area contributed by atoms with E-state index in [1.54, 1.807) is 6.07 Å². The molecule has 0 saturated heterocycles. The fourth-order valence-electron chi connectivity index (χ4n) is 1.59. The van der Waals surface area contributed by atoms with Crippen LogP contribution in [0.5, 0.6) is 0 Å². The standard InChI is InChI=1S/C12H21N3O2S/c1-4-8(2)9(3)15-12-6-5-10(7-11(12)13)18(14,16)17/h5-9,15H,4,13H2,1-3H3,(H2,14,16,17). The largest absolute Gasteiger partial charge is 0.397 e. The van der Waals surface area contributed by atoms with Crippen molar-refractivity contribution in [2.45, 2.75) is 38.1 Å². The lowest BCUT2D eigenvalue weighted by atomic mass is 10.0. The predicted octanol–water partition coefficient (Wildman–Crippen LogP) is 1.76. The van der Waals surface area contributed by atoms with Crippen LogP contribution < -0.4 is 16.2 Å². The van der Waals surface area contributed by atoms with Gasteiger partial charge in [0.15, 0.2) is 0 Å². The van der Waals surface area contributed by atoms with Crippen LogP contribution in [0.15, 0.2) is 23.1 Å². The summed E-state index contributed by atoms with van der Waals surface area (Å²) >= 11 is 0. The smallest absolute Gasteiger partial charge is 0.238 e. The molecule has 1 rings (SSSR count). The molecule has 5 nitrogen and oxygen atoms in total. The molecule has 2 atom stereocenters. The zero-order chi connectivity index (χ0) is 13.9. The summed E-state index contributed by atoms with van der Waals surface area (Å²) in [6, 6.07) is 4.74. The molecule has 0 aliphatic rings. The Bertz CT molecular complexity index is 514. The fraction of sp³-hybridized carbons (Fsp3) is 0.500. The molecule has 1 aromatic carbocycles. The van der Waals surface area contributed by atoms with E-state index in [4.69, 9.17) is 10.9 Å². The molecule has 18 heavy (non-hydrogen) atoms. The van der Waals surface area contributed by atoms with Crippen molar-refractivity contribution in [3.63, 3.8) is 0 Å². The molecule has 0 aliphatic heterocycles.